The van der Waals surface area contributed by atoms with Gasteiger partial charge in [-0.05, 0) is 32.1 Å². The van der Waals surface area contributed by atoms with Crippen LogP contribution < -0.4 is 5.32 Å². The minimum atomic E-state index is -0.791. The van der Waals surface area contributed by atoms with Crippen LogP contribution in [0.1, 0.15) is 78.6 Å². The summed E-state index contributed by atoms with van der Waals surface area (Å²) in [6.45, 7) is 6.59. The van der Waals surface area contributed by atoms with E-state index in [0.29, 0.717) is 13.0 Å². The minimum absolute atomic E-state index is 0.159. The van der Waals surface area contributed by atoms with Gasteiger partial charge in [0.2, 0.25) is 5.91 Å². The molecule has 0 radical (unpaired) electrons. The number of nitrogens with one attached hydrogen (secondary N) is 1. The average molecular weight is 388 g/mol. The molecule has 0 aromatic carbocycles. The van der Waals surface area contributed by atoms with Crippen LogP contribution in [-0.2, 0) is 4.79 Å². The first kappa shape index (κ1) is 26.1. The average Bonchev–Trinajstić information content (AvgIpc) is 2.70. The van der Waals surface area contributed by atoms with Gasteiger partial charge in [0.05, 0.1) is 5.60 Å². The second kappa shape index (κ2) is 18.5. The molecule has 0 aliphatic carbocycles. The van der Waals surface area contributed by atoms with Crippen molar-refractivity contribution in [3.05, 3.63) is 60.8 Å². The summed E-state index contributed by atoms with van der Waals surface area (Å²) in [6, 6.07) is 0. The van der Waals surface area contributed by atoms with Gasteiger partial charge in [0, 0.05) is 12.6 Å². The van der Waals surface area contributed by atoms with Crippen LogP contribution >= 0.6 is 0 Å². The third kappa shape index (κ3) is 16.3. The van der Waals surface area contributed by atoms with Crippen LogP contribution in [0.2, 0.25) is 0 Å². The number of hydrogen-bond acceptors (Lipinski definition) is 2. The maximum Gasteiger partial charge on any atom is 0.244 e. The van der Waals surface area contributed by atoms with Gasteiger partial charge in [0.15, 0.2) is 0 Å². The van der Waals surface area contributed by atoms with Crippen molar-refractivity contribution in [3.8, 4) is 0 Å². The number of hydrogen-bond donors (Lipinski definition) is 2. The van der Waals surface area contributed by atoms with E-state index in [-0.39, 0.29) is 5.91 Å². The number of rotatable bonds is 16. The molecular weight excluding hydrogens is 346 g/mol. The molecule has 158 valence electrons. The van der Waals surface area contributed by atoms with E-state index in [1.807, 2.05) is 31.2 Å². The molecule has 2 N–H and O–H groups in total. The predicted molar refractivity (Wildman–Crippen MR) is 122 cm³/mol. The Labute approximate surface area is 173 Å². The summed E-state index contributed by atoms with van der Waals surface area (Å²) in [5, 5.41) is 13.3. The van der Waals surface area contributed by atoms with Crippen molar-refractivity contribution < 1.29 is 9.90 Å². The Morgan fingerprint density at radius 3 is 2.00 bits per heavy atom. The molecule has 1 unspecified atom stereocenters. The fourth-order valence-electron chi connectivity index (χ4n) is 2.56. The second-order valence-electron chi connectivity index (χ2n) is 7.15. The van der Waals surface area contributed by atoms with E-state index in [1.54, 1.807) is 6.08 Å². The van der Waals surface area contributed by atoms with Gasteiger partial charge < -0.3 is 10.4 Å². The van der Waals surface area contributed by atoms with Crippen LogP contribution in [0.15, 0.2) is 60.8 Å². The molecule has 0 saturated heterocycles. The van der Waals surface area contributed by atoms with E-state index in [2.05, 4.69) is 43.5 Å². The summed E-state index contributed by atoms with van der Waals surface area (Å²) >= 11 is 0. The monoisotopic (exact) mass is 387 g/mol. The molecule has 0 aromatic heterocycles. The fourth-order valence-corrected chi connectivity index (χ4v) is 2.56. The zero-order chi connectivity index (χ0) is 20.9. The summed E-state index contributed by atoms with van der Waals surface area (Å²) in [5.41, 5.74) is -0.791. The third-order valence-corrected chi connectivity index (χ3v) is 4.55. The molecular formula is C25H41NO2. The number of carbonyl (C=O) groups is 1. The lowest BCUT2D eigenvalue weighted by molar-refractivity contribution is -0.117. The summed E-state index contributed by atoms with van der Waals surface area (Å²) in [7, 11) is 0. The maximum atomic E-state index is 11.9. The SMILES string of the molecule is CCCC=CC=CC=CCCC=CC=CC(=O)NCC(O)(CC)CCCCC. The number of aliphatic hydroxyl groups is 1. The Kier molecular flexibility index (Phi) is 17.3. The Hall–Kier alpha value is -1.87. The highest BCUT2D eigenvalue weighted by molar-refractivity contribution is 5.87. The van der Waals surface area contributed by atoms with Gasteiger partial charge in [-0.3, -0.25) is 4.79 Å². The second-order valence-corrected chi connectivity index (χ2v) is 7.15. The lowest BCUT2D eigenvalue weighted by atomic mass is 9.93. The number of allylic oxidation sites excluding steroid dienone is 9. The molecule has 28 heavy (non-hydrogen) atoms. The molecule has 1 amide bonds. The highest BCUT2D eigenvalue weighted by atomic mass is 16.3. The van der Waals surface area contributed by atoms with Crippen LogP contribution in [0.3, 0.4) is 0 Å². The van der Waals surface area contributed by atoms with Crippen LogP contribution in [0, 0.1) is 0 Å². The first-order chi connectivity index (χ1) is 13.6. The molecule has 3 nitrogen and oxygen atoms in total. The highest BCUT2D eigenvalue weighted by Gasteiger charge is 2.24. The van der Waals surface area contributed by atoms with Crippen molar-refractivity contribution in [2.24, 2.45) is 0 Å². The van der Waals surface area contributed by atoms with Crippen LogP contribution in [0.4, 0.5) is 0 Å². The Morgan fingerprint density at radius 2 is 1.43 bits per heavy atom. The van der Waals surface area contributed by atoms with Crippen molar-refractivity contribution >= 4 is 5.91 Å². The van der Waals surface area contributed by atoms with Gasteiger partial charge in [0.1, 0.15) is 0 Å². The molecule has 0 aliphatic heterocycles. The topological polar surface area (TPSA) is 49.3 Å². The van der Waals surface area contributed by atoms with Crippen molar-refractivity contribution in [2.45, 2.75) is 84.2 Å². The van der Waals surface area contributed by atoms with E-state index in [1.165, 1.54) is 12.5 Å². The normalized spacial score (nSPS) is 14.9. The quantitative estimate of drug-likeness (QED) is 0.189. The van der Waals surface area contributed by atoms with Gasteiger partial charge in [-0.15, -0.1) is 0 Å². The highest BCUT2D eigenvalue weighted by Crippen LogP contribution is 2.18. The number of unbranched alkanes of at least 4 members (excludes halogenated alkanes) is 4. The molecule has 0 rings (SSSR count). The zero-order valence-electron chi connectivity index (χ0n) is 18.2. The summed E-state index contributed by atoms with van der Waals surface area (Å²) in [4.78, 5) is 11.9. The van der Waals surface area contributed by atoms with E-state index in [0.717, 1.165) is 44.9 Å². The van der Waals surface area contributed by atoms with Crippen molar-refractivity contribution in [1.82, 2.24) is 5.32 Å². The lowest BCUT2D eigenvalue weighted by Gasteiger charge is -2.26. The third-order valence-electron chi connectivity index (χ3n) is 4.55. The van der Waals surface area contributed by atoms with E-state index in [9.17, 15) is 9.90 Å². The summed E-state index contributed by atoms with van der Waals surface area (Å²) in [6.07, 6.45) is 28.6. The van der Waals surface area contributed by atoms with Gasteiger partial charge in [-0.1, -0.05) is 101 Å². The predicted octanol–water partition coefficient (Wildman–Crippen LogP) is 6.19. The largest absolute Gasteiger partial charge is 0.388 e. The van der Waals surface area contributed by atoms with E-state index in [4.69, 9.17) is 0 Å². The molecule has 0 bridgehead atoms. The molecule has 0 fully saturated rings. The van der Waals surface area contributed by atoms with E-state index >= 15 is 0 Å². The number of carbonyl (C=O) groups excluding carboxylic acids is 1. The molecule has 0 heterocycles. The number of amides is 1. The van der Waals surface area contributed by atoms with E-state index < -0.39 is 5.60 Å². The van der Waals surface area contributed by atoms with Crippen LogP contribution in [-0.4, -0.2) is 23.2 Å². The Morgan fingerprint density at radius 1 is 0.821 bits per heavy atom. The van der Waals surface area contributed by atoms with Gasteiger partial charge in [-0.2, -0.15) is 0 Å². The molecule has 0 spiro atoms. The van der Waals surface area contributed by atoms with Crippen molar-refractivity contribution in [2.75, 3.05) is 6.54 Å². The molecule has 1 atom stereocenters. The van der Waals surface area contributed by atoms with Crippen LogP contribution in [0.5, 0.6) is 0 Å². The van der Waals surface area contributed by atoms with Crippen molar-refractivity contribution in [1.29, 1.82) is 0 Å². The van der Waals surface area contributed by atoms with Crippen molar-refractivity contribution in [3.63, 3.8) is 0 Å². The summed E-state index contributed by atoms with van der Waals surface area (Å²) in [5.74, 6) is -0.159. The Bertz CT molecular complexity index is 529. The molecule has 0 saturated carbocycles. The molecule has 0 aromatic rings. The Balaban J connectivity index is 3.97. The van der Waals surface area contributed by atoms with Gasteiger partial charge in [0.25, 0.3) is 0 Å². The first-order valence-electron chi connectivity index (χ1n) is 10.9. The van der Waals surface area contributed by atoms with Crippen LogP contribution in [0.25, 0.3) is 0 Å². The minimum Gasteiger partial charge on any atom is -0.388 e. The first-order valence-corrected chi connectivity index (χ1v) is 10.9. The maximum absolute atomic E-state index is 11.9. The molecule has 3 heteroatoms. The fraction of sp³-hybridized carbons (Fsp3) is 0.560. The summed E-state index contributed by atoms with van der Waals surface area (Å²) < 4.78 is 0. The van der Waals surface area contributed by atoms with Gasteiger partial charge in [-0.25, -0.2) is 0 Å². The molecule has 0 aliphatic rings. The lowest BCUT2D eigenvalue weighted by Crippen LogP contribution is -2.42. The zero-order valence-corrected chi connectivity index (χ0v) is 18.2. The smallest absolute Gasteiger partial charge is 0.244 e. The van der Waals surface area contributed by atoms with Gasteiger partial charge >= 0.3 is 0 Å². The standard InChI is InChI=1S/C25H41NO2/c1-4-7-9-10-11-12-13-14-15-16-17-18-19-21-24(27)26-23-25(28,6-3)22-20-8-5-2/h9-14,17-19,21,28H,4-8,15-16,20,22-23H2,1-3H3,(H,26,27).